The summed E-state index contributed by atoms with van der Waals surface area (Å²) < 4.78 is 88.9. The van der Waals surface area contributed by atoms with Crippen LogP contribution >= 0.6 is 27.5 Å². The molecule has 0 aliphatic carbocycles. The summed E-state index contributed by atoms with van der Waals surface area (Å²) in [5, 5.41) is 14.8. The zero-order valence-corrected chi connectivity index (χ0v) is 70.9. The molecule has 0 amide bonds. The zero-order valence-electron chi connectivity index (χ0n) is 78.6. The first kappa shape index (κ1) is 72.6. The predicted octanol–water partition coefficient (Wildman–Crippen LogP) is 31.8. The molecule has 0 fully saturated rings. The second-order valence-corrected chi connectivity index (χ2v) is 32.0. The van der Waals surface area contributed by atoms with Crippen LogP contribution in [0.25, 0.3) is 216 Å². The molecule has 12 nitrogen and oxygen atoms in total. The van der Waals surface area contributed by atoms with Crippen molar-refractivity contribution in [3.05, 3.63) is 452 Å². The van der Waals surface area contributed by atoms with Crippen LogP contribution in [-0.2, 0) is 0 Å². The first-order chi connectivity index (χ1) is 67.4. The molecule has 630 valence electrons. The third-order valence-corrected chi connectivity index (χ3v) is 23.7. The fourth-order valence-corrected chi connectivity index (χ4v) is 17.6. The van der Waals surface area contributed by atoms with E-state index in [-0.39, 0.29) is 84.3 Å². The van der Waals surface area contributed by atoms with Crippen LogP contribution in [0.3, 0.4) is 0 Å². The summed E-state index contributed by atoms with van der Waals surface area (Å²) in [5.41, 5.74) is 20.2. The molecular formula is C116H85BrClFN12. The van der Waals surface area contributed by atoms with Crippen molar-refractivity contribution in [2.45, 2.75) is 14.9 Å². The topological polar surface area (TPSA) is 139 Å². The van der Waals surface area contributed by atoms with Gasteiger partial charge in [0.25, 0.3) is 0 Å². The molecule has 15 heteroatoms. The van der Waals surface area contributed by atoms with Gasteiger partial charge in [-0.1, -0.05) is 364 Å². The van der Waals surface area contributed by atoms with E-state index in [4.69, 9.17) is 40.3 Å². The molecule has 0 saturated heterocycles. The first-order valence-electron chi connectivity index (χ1n) is 46.7. The highest BCUT2D eigenvalue weighted by molar-refractivity contribution is 9.10. The van der Waals surface area contributed by atoms with E-state index in [0.717, 1.165) is 59.5 Å². The molecular weight excluding hydrogens is 1700 g/mol. The summed E-state index contributed by atoms with van der Waals surface area (Å²) in [7, 11) is 0. The monoisotopic (exact) mass is 1790 g/mol. The maximum atomic E-state index is 8.49. The van der Waals surface area contributed by atoms with Crippen LogP contribution in [0.15, 0.2) is 447 Å². The van der Waals surface area contributed by atoms with Crippen LogP contribution in [0.1, 0.15) is 28.6 Å². The molecule has 0 atom stereocenters. The molecule has 8 aromatic heterocycles. The van der Waals surface area contributed by atoms with E-state index in [2.05, 4.69) is 290 Å². The Morgan fingerprint density at radius 2 is 0.519 bits per heavy atom. The SMILES string of the molecule is Brc1ccccc1.C.C.F.[2H]c1c([2H])c([2H])c(-c2ccc(-c3nc(-c4ccccc4)nc(-n4c5ccccc5c5cc6c7ccccc7n(-c7ccccc7)c6cc54)n3)cc2)c([2H])c1[2H].[2H]c1c([2H])c([2H])c(-c2ccc(-c3nc(Cl)nc(-c4ccccc4)n3)cc2)c([2H])c1[2H].c1ccc(-n2c3ccccc3c3cc4c(cc32)[nH]c2ccccc24)cc1.c1ccc2c(c1)[nH]c1cc3[nH]c4ccccc4c3cc12. The minimum Gasteiger partial charge on any atom is -0.354 e. The number of hydrogen-bond acceptors (Lipinski definition) is 6. The summed E-state index contributed by atoms with van der Waals surface area (Å²) in [4.78, 5) is 38.6. The number of hydrogen-bond donors (Lipinski definition) is 3. The number of nitrogens with zero attached hydrogens (tertiary/aromatic N) is 9. The Morgan fingerprint density at radius 1 is 0.229 bits per heavy atom. The van der Waals surface area contributed by atoms with Crippen LogP contribution in [0.4, 0.5) is 4.70 Å². The van der Waals surface area contributed by atoms with E-state index in [1.54, 1.807) is 36.4 Å². The Bertz CT molecular complexity index is 9110. The Morgan fingerprint density at radius 3 is 0.908 bits per heavy atom. The van der Waals surface area contributed by atoms with Gasteiger partial charge < -0.3 is 24.1 Å². The predicted molar refractivity (Wildman–Crippen MR) is 551 cm³/mol. The minimum absolute atomic E-state index is 0. The molecule has 0 spiro atoms. The number of nitrogens with one attached hydrogen (secondary N) is 3. The van der Waals surface area contributed by atoms with Crippen molar-refractivity contribution < 1.29 is 18.4 Å². The van der Waals surface area contributed by atoms with Crippen molar-refractivity contribution in [1.29, 1.82) is 0 Å². The molecule has 0 saturated carbocycles. The zero-order chi connectivity index (χ0) is 94.1. The number of halogens is 3. The summed E-state index contributed by atoms with van der Waals surface area (Å²) in [6.07, 6.45) is 0. The maximum absolute atomic E-state index is 8.49. The molecule has 0 aliphatic heterocycles. The molecule has 8 heterocycles. The highest BCUT2D eigenvalue weighted by Gasteiger charge is 2.23. The smallest absolute Gasteiger partial charge is 0.238 e. The van der Waals surface area contributed by atoms with Crippen LogP contribution in [0.5, 0.6) is 0 Å². The van der Waals surface area contributed by atoms with E-state index < -0.39 is 12.1 Å². The molecule has 0 unspecified atom stereocenters. The standard InChI is InChI=1S/C45H29N5.C24H16N2.C21H14ClN3.C18H12N2.C6H5Br.2CH4.FH/c1-4-14-30(15-5-1)31-24-26-33(27-25-31)44-46-43(32-16-6-2-7-17-32)47-45(48-44)50-40-23-13-11-21-36(40)38-28-37-35-20-10-12-22-39(35)49(41(37)29-42(38)50)34-18-8-3-9-19-34;1-2-8-16(9-3-1)26-23-13-7-5-11-18(23)20-14-19-17-10-4-6-12-21(17)25-22(19)15-24(20)26;22-21-24-19(17-9-5-2-6-10-17)23-20(25-21)18-13-11-16(12-14-18)15-7-3-1-4-8-15;1-3-7-15-11(5-1)13-9-14-12-6-2-4-8-16(12)20-18(14)10-17(13)19-15;7-6-4-2-1-3-5-6;;;/h1-29H;1-15,25H;1-14H;1-10,19-20H;1-5H;2*1H4;1H/i1D,4D,5D,14D,15D;;1D,3D,4D,7D,8D;;;;;. The number of para-hydroxylation sites is 8. The number of aromatic amines is 3. The van der Waals surface area contributed by atoms with Gasteiger partial charge in [-0.2, -0.15) is 19.9 Å². The summed E-state index contributed by atoms with van der Waals surface area (Å²) >= 11 is 9.41. The Kier molecular flexibility index (Phi) is 20.4. The van der Waals surface area contributed by atoms with Crippen LogP contribution in [-0.4, -0.2) is 58.6 Å². The minimum atomic E-state index is -0.422. The van der Waals surface area contributed by atoms with Gasteiger partial charge in [0.2, 0.25) is 11.2 Å². The second kappa shape index (κ2) is 36.8. The van der Waals surface area contributed by atoms with Crippen LogP contribution < -0.4 is 0 Å². The van der Waals surface area contributed by atoms with E-state index in [1.165, 1.54) is 98.3 Å². The molecule has 26 rings (SSSR count). The molecule has 131 heavy (non-hydrogen) atoms. The largest absolute Gasteiger partial charge is 0.354 e. The molecule has 0 aliphatic rings. The van der Waals surface area contributed by atoms with E-state index >= 15 is 0 Å². The normalized spacial score (nSPS) is 12.2. The van der Waals surface area contributed by atoms with Gasteiger partial charge in [-0.3, -0.25) is 9.27 Å². The highest BCUT2D eigenvalue weighted by Crippen LogP contribution is 2.43. The van der Waals surface area contributed by atoms with E-state index in [1.807, 2.05) is 115 Å². The van der Waals surface area contributed by atoms with Crippen LogP contribution in [0, 0.1) is 0 Å². The number of fused-ring (bicyclic) bond motifs is 18. The fraction of sp³-hybridized carbons (Fsp3) is 0.0172. The molecule has 18 aromatic carbocycles. The van der Waals surface area contributed by atoms with Crippen molar-refractivity contribution in [3.63, 3.8) is 0 Å². The van der Waals surface area contributed by atoms with Crippen LogP contribution in [0.2, 0.25) is 5.28 Å². The Labute approximate surface area is 782 Å². The fourth-order valence-electron chi connectivity index (χ4n) is 17.1. The third-order valence-electron chi connectivity index (χ3n) is 23.0. The lowest BCUT2D eigenvalue weighted by molar-refractivity contribution is 0.953. The van der Waals surface area contributed by atoms with Gasteiger partial charge in [-0.05, 0) is 143 Å². The third kappa shape index (κ3) is 16.4. The second-order valence-electron chi connectivity index (χ2n) is 30.7. The molecule has 26 aromatic rings. The quantitative estimate of drug-likeness (QED) is 0.132. The van der Waals surface area contributed by atoms with E-state index in [9.17, 15) is 0 Å². The number of aromatic nitrogens is 12. The van der Waals surface area contributed by atoms with Gasteiger partial charge in [0.1, 0.15) is 0 Å². The van der Waals surface area contributed by atoms with Crippen molar-refractivity contribution in [2.75, 3.05) is 0 Å². The lowest BCUT2D eigenvalue weighted by Crippen LogP contribution is -2.06. The maximum Gasteiger partial charge on any atom is 0.238 e. The highest BCUT2D eigenvalue weighted by atomic mass is 79.9. The number of H-pyrrole nitrogens is 3. The van der Waals surface area contributed by atoms with Gasteiger partial charge in [-0.25, -0.2) is 9.97 Å². The van der Waals surface area contributed by atoms with Crippen molar-refractivity contribution in [2.24, 2.45) is 0 Å². The van der Waals surface area contributed by atoms with Gasteiger partial charge in [0.05, 0.1) is 46.8 Å². The number of rotatable bonds is 9. The molecule has 3 N–H and O–H groups in total. The molecule has 0 radical (unpaired) electrons. The van der Waals surface area contributed by atoms with Crippen molar-refractivity contribution >= 4 is 158 Å². The van der Waals surface area contributed by atoms with Crippen molar-refractivity contribution in [3.8, 4) is 85.1 Å². The lowest BCUT2D eigenvalue weighted by Gasteiger charge is -2.12. The average molecular weight is 1790 g/mol. The van der Waals surface area contributed by atoms with E-state index in [0.29, 0.717) is 51.5 Å². The lowest BCUT2D eigenvalue weighted by atomic mass is 10.0. The average Bonchev–Trinajstić information content (AvgIpc) is 1.57. The number of benzene rings is 18. The summed E-state index contributed by atoms with van der Waals surface area (Å²) in [6, 6.07) is 125. The van der Waals surface area contributed by atoms with Gasteiger partial charge in [-0.15, -0.1) is 0 Å². The first-order valence-corrected chi connectivity index (χ1v) is 42.9. The van der Waals surface area contributed by atoms with Gasteiger partial charge in [0, 0.05) is 136 Å². The van der Waals surface area contributed by atoms with Gasteiger partial charge in [0.15, 0.2) is 23.3 Å². The Hall–Kier alpha value is -16.5. The summed E-state index contributed by atoms with van der Waals surface area (Å²) in [5.74, 6) is 2.20. The Balaban J connectivity index is 0.000000124. The van der Waals surface area contributed by atoms with Gasteiger partial charge >= 0.3 is 0 Å². The molecule has 0 bridgehead atoms. The summed E-state index contributed by atoms with van der Waals surface area (Å²) in [6.45, 7) is 0. The van der Waals surface area contributed by atoms with Crippen molar-refractivity contribution in [1.82, 2.24) is 58.6 Å².